The lowest BCUT2D eigenvalue weighted by Gasteiger charge is -2.23. The van der Waals surface area contributed by atoms with Crippen molar-refractivity contribution < 1.29 is 18.3 Å². The molecule has 0 aromatic carbocycles. The molecule has 0 aliphatic carbocycles. The Bertz CT molecular complexity index is 592. The molecule has 0 fully saturated rings. The summed E-state index contributed by atoms with van der Waals surface area (Å²) >= 11 is 0. The maximum absolute atomic E-state index is 11.7. The first kappa shape index (κ1) is 23.1. The van der Waals surface area contributed by atoms with Gasteiger partial charge in [0.1, 0.15) is 11.9 Å². The molecule has 1 aromatic heterocycles. The normalized spacial score (nSPS) is 12.2. The van der Waals surface area contributed by atoms with Gasteiger partial charge in [-0.2, -0.15) is 0 Å². The first-order valence-corrected chi connectivity index (χ1v) is 7.64. The maximum atomic E-state index is 11.7. The molecule has 0 saturated heterocycles. The summed E-state index contributed by atoms with van der Waals surface area (Å²) < 4.78 is 24.2. The Morgan fingerprint density at radius 1 is 1.45 bits per heavy atom. The summed E-state index contributed by atoms with van der Waals surface area (Å²) in [5.74, 6) is -0.880. The average molecular weight is 375 g/mol. The van der Waals surface area contributed by atoms with Gasteiger partial charge in [-0.3, -0.25) is 4.79 Å². The smallest absolute Gasteiger partial charge is 0.321 e. The van der Waals surface area contributed by atoms with E-state index in [1.165, 1.54) is 6.92 Å². The average Bonchev–Trinajstić information content (AvgIpc) is 2.25. The predicted molar refractivity (Wildman–Crippen MR) is 88.5 cm³/mol. The van der Waals surface area contributed by atoms with Crippen molar-refractivity contribution in [3.05, 3.63) is 23.4 Å². The van der Waals surface area contributed by atoms with Crippen LogP contribution < -0.4 is 11.2 Å². The van der Waals surface area contributed by atoms with Crippen molar-refractivity contribution in [3.63, 3.8) is 0 Å². The number of rotatable bonds is 6. The standard InChI is InChI=1S/C11H18N4O4S.2ClH/c1-7-4-9(13-10(12)5-7)6-15(20(3,18)19)14-8(2)11(16)17;;/h4-5,8,14H,6H2,1-3H3,(H2,12,13)(H,16,17);2*1H/t8-;;/m0../s1. The van der Waals surface area contributed by atoms with Gasteiger partial charge in [0.25, 0.3) is 0 Å². The van der Waals surface area contributed by atoms with Crippen molar-refractivity contribution in [2.75, 3.05) is 12.0 Å². The Kier molecular flexibility index (Phi) is 9.58. The van der Waals surface area contributed by atoms with Crippen molar-refractivity contribution in [3.8, 4) is 0 Å². The van der Waals surface area contributed by atoms with Gasteiger partial charge in [0.15, 0.2) is 0 Å². The number of hydrogen-bond donors (Lipinski definition) is 3. The summed E-state index contributed by atoms with van der Waals surface area (Å²) in [7, 11) is -3.64. The number of sulfonamides is 1. The van der Waals surface area contributed by atoms with Crippen LogP contribution in [-0.4, -0.2) is 41.2 Å². The van der Waals surface area contributed by atoms with Crippen LogP contribution in [0, 0.1) is 6.92 Å². The molecule has 128 valence electrons. The largest absolute Gasteiger partial charge is 0.480 e. The summed E-state index contributed by atoms with van der Waals surface area (Å²) in [5.41, 5.74) is 9.28. The van der Waals surface area contributed by atoms with Crippen molar-refractivity contribution in [2.45, 2.75) is 26.4 Å². The van der Waals surface area contributed by atoms with Crippen molar-refractivity contribution >= 4 is 46.6 Å². The van der Waals surface area contributed by atoms with Gasteiger partial charge in [0.05, 0.1) is 18.5 Å². The zero-order chi connectivity index (χ0) is 15.5. The molecule has 1 atom stereocenters. The number of carboxylic acid groups (broad SMARTS) is 1. The molecule has 11 heteroatoms. The highest BCUT2D eigenvalue weighted by atomic mass is 35.5. The van der Waals surface area contributed by atoms with Gasteiger partial charge in [0, 0.05) is 0 Å². The molecule has 22 heavy (non-hydrogen) atoms. The number of carbonyl (C=O) groups is 1. The molecule has 1 heterocycles. The zero-order valence-electron chi connectivity index (χ0n) is 12.3. The monoisotopic (exact) mass is 374 g/mol. The SMILES string of the molecule is Cc1cc(N)nc(CN(N[C@@H](C)C(=O)O)S(C)(=O)=O)c1.Cl.Cl. The van der Waals surface area contributed by atoms with E-state index in [0.717, 1.165) is 16.2 Å². The van der Waals surface area contributed by atoms with Crippen molar-refractivity contribution in [1.82, 2.24) is 14.8 Å². The molecule has 0 radical (unpaired) electrons. The number of nitrogens with two attached hydrogens (primary N) is 1. The lowest BCUT2D eigenvalue weighted by Crippen LogP contribution is -2.49. The number of anilines is 1. The van der Waals surface area contributed by atoms with E-state index < -0.39 is 22.0 Å². The maximum Gasteiger partial charge on any atom is 0.321 e. The van der Waals surface area contributed by atoms with Gasteiger partial charge in [-0.15, -0.1) is 29.2 Å². The van der Waals surface area contributed by atoms with Gasteiger partial charge in [0.2, 0.25) is 10.0 Å². The van der Waals surface area contributed by atoms with Crippen molar-refractivity contribution in [1.29, 1.82) is 0 Å². The molecule has 1 rings (SSSR count). The van der Waals surface area contributed by atoms with Crippen LogP contribution in [0.15, 0.2) is 12.1 Å². The van der Waals surface area contributed by atoms with Crippen LogP contribution in [0.4, 0.5) is 5.82 Å². The fraction of sp³-hybridized carbons (Fsp3) is 0.455. The molecule has 0 saturated carbocycles. The first-order valence-electron chi connectivity index (χ1n) is 5.79. The second-order valence-corrected chi connectivity index (χ2v) is 6.43. The molecule has 0 aliphatic heterocycles. The quantitative estimate of drug-likeness (QED) is 0.620. The Labute approximate surface area is 141 Å². The number of aromatic nitrogens is 1. The molecule has 0 aliphatic rings. The van der Waals surface area contributed by atoms with Crippen LogP contribution in [0.2, 0.25) is 0 Å². The molecule has 0 unspecified atom stereocenters. The number of nitrogen functional groups attached to an aromatic ring is 1. The van der Waals surface area contributed by atoms with E-state index in [2.05, 4.69) is 10.4 Å². The van der Waals surface area contributed by atoms with E-state index >= 15 is 0 Å². The molecule has 0 amide bonds. The third-order valence-electron chi connectivity index (χ3n) is 2.46. The van der Waals surface area contributed by atoms with Crippen LogP contribution >= 0.6 is 24.8 Å². The van der Waals surface area contributed by atoms with E-state index in [9.17, 15) is 13.2 Å². The van der Waals surface area contributed by atoms with Gasteiger partial charge >= 0.3 is 5.97 Å². The number of pyridine rings is 1. The third kappa shape index (κ3) is 7.23. The first-order chi connectivity index (χ1) is 9.09. The van der Waals surface area contributed by atoms with Gasteiger partial charge < -0.3 is 10.8 Å². The lowest BCUT2D eigenvalue weighted by molar-refractivity contribution is -0.139. The second kappa shape index (κ2) is 9.11. The summed E-state index contributed by atoms with van der Waals surface area (Å²) in [4.78, 5) is 14.8. The molecule has 8 nitrogen and oxygen atoms in total. The van der Waals surface area contributed by atoms with Crippen LogP contribution in [0.5, 0.6) is 0 Å². The Hall–Kier alpha value is -1.13. The number of aryl methyl sites for hydroxylation is 1. The third-order valence-corrected chi connectivity index (χ3v) is 3.49. The summed E-state index contributed by atoms with van der Waals surface area (Å²) in [5, 5.41) is 8.83. The molecule has 1 aromatic rings. The molecule has 0 bridgehead atoms. The number of hydrazine groups is 1. The fourth-order valence-electron chi connectivity index (χ4n) is 1.53. The van der Waals surface area contributed by atoms with E-state index in [1.807, 2.05) is 0 Å². The number of nitrogens with one attached hydrogen (secondary N) is 1. The molecule has 4 N–H and O–H groups in total. The second-order valence-electron chi connectivity index (χ2n) is 4.52. The lowest BCUT2D eigenvalue weighted by atomic mass is 10.2. The number of carboxylic acids is 1. The van der Waals surface area contributed by atoms with E-state index in [4.69, 9.17) is 10.8 Å². The van der Waals surface area contributed by atoms with Crippen LogP contribution in [0.1, 0.15) is 18.2 Å². The minimum absolute atomic E-state index is 0. The number of nitrogens with zero attached hydrogens (tertiary/aromatic N) is 2. The number of aliphatic carboxylic acids is 1. The van der Waals surface area contributed by atoms with Crippen LogP contribution in [0.25, 0.3) is 0 Å². The minimum atomic E-state index is -3.64. The van der Waals surface area contributed by atoms with E-state index in [0.29, 0.717) is 5.69 Å². The van der Waals surface area contributed by atoms with Gasteiger partial charge in [-0.05, 0) is 31.5 Å². The Morgan fingerprint density at radius 3 is 2.41 bits per heavy atom. The Morgan fingerprint density at radius 2 is 2.00 bits per heavy atom. The topological polar surface area (TPSA) is 126 Å². The summed E-state index contributed by atoms with van der Waals surface area (Å²) in [6.45, 7) is 3.04. The van der Waals surface area contributed by atoms with Gasteiger partial charge in [-0.1, -0.05) is 0 Å². The van der Waals surface area contributed by atoms with Crippen molar-refractivity contribution in [2.24, 2.45) is 0 Å². The molecular formula is C11H20Cl2N4O4S. The minimum Gasteiger partial charge on any atom is -0.480 e. The predicted octanol–water partition coefficient (Wildman–Crippen LogP) is 0.555. The number of halogens is 2. The highest BCUT2D eigenvalue weighted by molar-refractivity contribution is 7.88. The van der Waals surface area contributed by atoms with E-state index in [-0.39, 0.29) is 37.2 Å². The summed E-state index contributed by atoms with van der Waals surface area (Å²) in [6.07, 6.45) is 0.980. The summed E-state index contributed by atoms with van der Waals surface area (Å²) in [6, 6.07) is 2.29. The van der Waals surface area contributed by atoms with Crippen LogP contribution in [-0.2, 0) is 21.4 Å². The molecule has 0 spiro atoms. The zero-order valence-corrected chi connectivity index (χ0v) is 14.8. The number of hydrogen-bond acceptors (Lipinski definition) is 6. The molecular weight excluding hydrogens is 355 g/mol. The Balaban J connectivity index is 0. The highest BCUT2D eigenvalue weighted by Crippen LogP contribution is 2.10. The van der Waals surface area contributed by atoms with Crippen LogP contribution in [0.3, 0.4) is 0 Å². The fourth-order valence-corrected chi connectivity index (χ4v) is 2.24. The van der Waals surface area contributed by atoms with Gasteiger partial charge in [-0.25, -0.2) is 18.8 Å². The highest BCUT2D eigenvalue weighted by Gasteiger charge is 2.23. The van der Waals surface area contributed by atoms with E-state index in [1.54, 1.807) is 19.1 Å².